The van der Waals surface area contributed by atoms with Crippen LogP contribution in [0.5, 0.6) is 0 Å². The van der Waals surface area contributed by atoms with E-state index in [1.807, 2.05) is 41.8 Å². The number of nitrogens with one attached hydrogen (secondary N) is 3. The smallest absolute Gasteiger partial charge is 0.227 e. The zero-order valence-electron chi connectivity index (χ0n) is 19.2. The summed E-state index contributed by atoms with van der Waals surface area (Å²) >= 11 is -2.45. The average Bonchev–Trinajstić information content (AvgIpc) is 3.48. The van der Waals surface area contributed by atoms with Crippen molar-refractivity contribution < 1.29 is 18.4 Å². The van der Waals surface area contributed by atoms with Gasteiger partial charge in [0, 0.05) is 36.8 Å². The van der Waals surface area contributed by atoms with E-state index in [0.29, 0.717) is 54.6 Å². The van der Waals surface area contributed by atoms with Gasteiger partial charge >= 0.3 is 0 Å². The van der Waals surface area contributed by atoms with Gasteiger partial charge in [-0.25, -0.2) is 4.98 Å². The Kier molecular flexibility index (Phi) is 8.23. The Morgan fingerprint density at radius 3 is 2.83 bits per heavy atom. The minimum absolute atomic E-state index is 0.0299. The molecule has 3 heterocycles. The summed E-state index contributed by atoms with van der Waals surface area (Å²) < 4.78 is 30.7. The molecule has 13 heteroatoms. The molecule has 0 aliphatic carbocycles. The van der Waals surface area contributed by atoms with Crippen LogP contribution in [0, 0.1) is 0 Å². The van der Waals surface area contributed by atoms with Crippen molar-refractivity contribution in [1.82, 2.24) is 24.7 Å². The molecule has 186 valence electrons. The van der Waals surface area contributed by atoms with Gasteiger partial charge in [0.1, 0.15) is 5.76 Å². The van der Waals surface area contributed by atoms with Crippen LogP contribution in [-0.4, -0.2) is 51.2 Å². The molecule has 0 amide bonds. The molecular weight excluding hydrogens is 472 g/mol. The quantitative estimate of drug-likeness (QED) is 0.201. The molecule has 4 N–H and O–H groups in total. The second-order valence-corrected chi connectivity index (χ2v) is 8.57. The zero-order chi connectivity index (χ0) is 24.6. The number of aliphatic hydroxyl groups is 1. The van der Waals surface area contributed by atoms with Crippen molar-refractivity contribution in [3.05, 3.63) is 54.0 Å². The molecule has 0 bridgehead atoms. The highest BCUT2D eigenvalue weighted by atomic mass is 32.2. The molecule has 2 atom stereocenters. The Morgan fingerprint density at radius 2 is 2.09 bits per heavy atom. The molecule has 0 saturated heterocycles. The van der Waals surface area contributed by atoms with E-state index < -0.39 is 11.3 Å². The molecule has 0 spiro atoms. The first-order valence-electron chi connectivity index (χ1n) is 11.2. The number of aromatic nitrogens is 5. The fourth-order valence-corrected chi connectivity index (χ4v) is 3.79. The number of hydrogen-bond acceptors (Lipinski definition) is 10. The first-order chi connectivity index (χ1) is 17.1. The van der Waals surface area contributed by atoms with Crippen LogP contribution < -0.4 is 15.4 Å². The maximum Gasteiger partial charge on any atom is 0.227 e. The molecule has 4 aromatic rings. The molecule has 0 radical (unpaired) electrons. The van der Waals surface area contributed by atoms with E-state index in [1.54, 1.807) is 12.4 Å². The second-order valence-electron chi connectivity index (χ2n) is 7.90. The minimum atomic E-state index is -2.45. The molecule has 3 aromatic heterocycles. The van der Waals surface area contributed by atoms with Crippen molar-refractivity contribution in [2.75, 3.05) is 22.0 Å². The molecule has 0 fully saturated rings. The number of nitrogens with zero attached hydrogens (tertiary/aromatic N) is 5. The summed E-state index contributed by atoms with van der Waals surface area (Å²) in [5, 5.41) is 19.8. The fourth-order valence-electron chi connectivity index (χ4n) is 3.52. The molecule has 0 aliphatic heterocycles. The normalized spacial score (nSPS) is 13.0. The Morgan fingerprint density at radius 1 is 1.26 bits per heavy atom. The largest absolute Gasteiger partial charge is 0.755 e. The van der Waals surface area contributed by atoms with Gasteiger partial charge in [-0.2, -0.15) is 9.97 Å². The molecule has 1 unspecified atom stereocenters. The maximum absolute atomic E-state index is 10.7. The van der Waals surface area contributed by atoms with Crippen molar-refractivity contribution in [3.8, 4) is 0 Å². The van der Waals surface area contributed by atoms with Crippen LogP contribution in [0.25, 0.3) is 11.2 Å². The number of fused-ring (bicyclic) bond motifs is 1. The monoisotopic (exact) mass is 499 g/mol. The van der Waals surface area contributed by atoms with Crippen LogP contribution in [0.1, 0.15) is 31.1 Å². The number of hydrogen-bond donors (Lipinski definition) is 4. The number of imidazole rings is 1. The van der Waals surface area contributed by atoms with E-state index in [0.717, 1.165) is 12.0 Å². The lowest BCUT2D eigenvalue weighted by atomic mass is 10.2. The highest BCUT2D eigenvalue weighted by Gasteiger charge is 2.16. The van der Waals surface area contributed by atoms with Crippen molar-refractivity contribution in [2.45, 2.75) is 45.3 Å². The Labute approximate surface area is 204 Å². The van der Waals surface area contributed by atoms with Crippen LogP contribution in [0.3, 0.4) is 0 Å². The van der Waals surface area contributed by atoms with E-state index in [4.69, 9.17) is 4.52 Å². The van der Waals surface area contributed by atoms with Gasteiger partial charge in [-0.3, -0.25) is 8.93 Å². The second kappa shape index (κ2) is 11.7. The fraction of sp³-hybridized carbons (Fsp3) is 0.364. The standard InChI is InChI=1S/C22H28N8O4S/c1-2-16(13-31)25-22-26-20(23-12-15-7-4-3-5-8-15)19-21(27-22)30(14-24-19)10-6-9-17-11-18(28-34-17)29-35(32)33/h3-5,7-8,11,14,16,31H,2,6,9-10,12-13H2,1H3,(H,28,29)(H,32,33)(H2,23,25,26,27)/p-1/t16-/m1/s1. The lowest BCUT2D eigenvalue weighted by molar-refractivity contribution is 0.271. The van der Waals surface area contributed by atoms with E-state index >= 15 is 0 Å². The van der Waals surface area contributed by atoms with E-state index in [9.17, 15) is 13.9 Å². The van der Waals surface area contributed by atoms with Gasteiger partial charge in [0.25, 0.3) is 0 Å². The first-order valence-corrected chi connectivity index (χ1v) is 12.3. The Balaban J connectivity index is 1.52. The van der Waals surface area contributed by atoms with E-state index in [2.05, 4.69) is 35.5 Å². The highest BCUT2D eigenvalue weighted by molar-refractivity contribution is 7.80. The minimum Gasteiger partial charge on any atom is -0.755 e. The van der Waals surface area contributed by atoms with Gasteiger partial charge in [-0.1, -0.05) is 42.4 Å². The molecule has 35 heavy (non-hydrogen) atoms. The van der Waals surface area contributed by atoms with Crippen LogP contribution >= 0.6 is 0 Å². The van der Waals surface area contributed by atoms with Gasteiger partial charge in [0.15, 0.2) is 22.8 Å². The molecular formula is C22H27N8O4S-. The molecule has 12 nitrogen and oxygen atoms in total. The van der Waals surface area contributed by atoms with Gasteiger partial charge < -0.3 is 29.4 Å². The van der Waals surface area contributed by atoms with Gasteiger partial charge in [0.05, 0.1) is 19.0 Å². The van der Waals surface area contributed by atoms with Gasteiger partial charge in [-0.15, -0.1) is 0 Å². The van der Waals surface area contributed by atoms with Crippen molar-refractivity contribution in [2.24, 2.45) is 0 Å². The van der Waals surface area contributed by atoms with Crippen LogP contribution in [0.4, 0.5) is 17.6 Å². The Hall–Kier alpha value is -3.55. The summed E-state index contributed by atoms with van der Waals surface area (Å²) in [6, 6.07) is 11.4. The van der Waals surface area contributed by atoms with E-state index in [1.165, 1.54) is 0 Å². The summed E-state index contributed by atoms with van der Waals surface area (Å²) in [7, 11) is 0. The number of rotatable bonds is 13. The van der Waals surface area contributed by atoms with Crippen molar-refractivity contribution in [1.29, 1.82) is 0 Å². The topological polar surface area (TPSA) is 166 Å². The van der Waals surface area contributed by atoms with Crippen LogP contribution in [0.2, 0.25) is 0 Å². The zero-order valence-corrected chi connectivity index (χ0v) is 20.0. The number of aryl methyl sites for hydroxylation is 2. The predicted octanol–water partition coefficient (Wildman–Crippen LogP) is 2.45. The summed E-state index contributed by atoms with van der Waals surface area (Å²) in [6.45, 7) is 3.12. The first kappa shape index (κ1) is 24.6. The van der Waals surface area contributed by atoms with Crippen LogP contribution in [0.15, 0.2) is 47.2 Å². The van der Waals surface area contributed by atoms with Crippen molar-refractivity contribution >= 4 is 40.0 Å². The maximum atomic E-state index is 10.7. The summed E-state index contributed by atoms with van der Waals surface area (Å²) in [6.07, 6.45) is 3.68. The third-order valence-corrected chi connectivity index (χ3v) is 5.76. The van der Waals surface area contributed by atoms with Gasteiger partial charge in [-0.05, 0) is 18.4 Å². The highest BCUT2D eigenvalue weighted by Crippen LogP contribution is 2.23. The lowest BCUT2D eigenvalue weighted by Gasteiger charge is -2.15. The van der Waals surface area contributed by atoms with Crippen LogP contribution in [-0.2, 0) is 30.8 Å². The van der Waals surface area contributed by atoms with Crippen molar-refractivity contribution in [3.63, 3.8) is 0 Å². The number of benzene rings is 1. The molecule has 0 saturated carbocycles. The summed E-state index contributed by atoms with van der Waals surface area (Å²) in [4.78, 5) is 13.8. The summed E-state index contributed by atoms with van der Waals surface area (Å²) in [5.41, 5.74) is 2.41. The molecule has 4 rings (SSSR count). The SMILES string of the molecule is CC[C@H](CO)Nc1nc(NCc2ccccc2)c2ncn(CCCc3cc(NS(=O)[O-])no3)c2n1. The third-order valence-electron chi connectivity index (χ3n) is 5.38. The predicted molar refractivity (Wildman–Crippen MR) is 131 cm³/mol. The molecule has 1 aromatic carbocycles. The average molecular weight is 500 g/mol. The Bertz CT molecular complexity index is 1260. The summed E-state index contributed by atoms with van der Waals surface area (Å²) in [5.74, 6) is 1.73. The third kappa shape index (κ3) is 6.53. The number of aliphatic hydroxyl groups excluding tert-OH is 1. The number of anilines is 3. The van der Waals surface area contributed by atoms with Gasteiger partial charge in [0.2, 0.25) is 5.95 Å². The lowest BCUT2D eigenvalue weighted by Crippen LogP contribution is -2.24. The van der Waals surface area contributed by atoms with E-state index in [-0.39, 0.29) is 18.5 Å². The molecule has 0 aliphatic rings.